The Balaban J connectivity index is 0.000000121. The highest BCUT2D eigenvalue weighted by Crippen LogP contribution is 2.52. The summed E-state index contributed by atoms with van der Waals surface area (Å²) >= 11 is 3.58. The van der Waals surface area contributed by atoms with E-state index in [2.05, 4.69) is 182 Å². The van der Waals surface area contributed by atoms with E-state index >= 15 is 0 Å². The lowest BCUT2D eigenvalue weighted by Crippen LogP contribution is -2.27. The average molecular weight is 859 g/mol. The van der Waals surface area contributed by atoms with Crippen molar-refractivity contribution in [2.75, 3.05) is 4.90 Å². The van der Waals surface area contributed by atoms with Gasteiger partial charge in [-0.1, -0.05) is 165 Å². The molecule has 0 saturated carbocycles. The van der Waals surface area contributed by atoms with Crippen LogP contribution >= 0.6 is 15.9 Å². The van der Waals surface area contributed by atoms with Crippen molar-refractivity contribution >= 4 is 33.0 Å². The Kier molecular flexibility index (Phi) is 9.92. The molecule has 0 amide bonds. The molecule has 0 bridgehead atoms. The number of hydrogen-bond donors (Lipinski definition) is 0. The van der Waals surface area contributed by atoms with E-state index in [0.29, 0.717) is 0 Å². The summed E-state index contributed by atoms with van der Waals surface area (Å²) in [6, 6.07) is 64.2. The van der Waals surface area contributed by atoms with Gasteiger partial charge in [0, 0.05) is 27.4 Å². The predicted molar refractivity (Wildman–Crippen MR) is 254 cm³/mol. The number of nitrogens with zero attached hydrogens (tertiary/aromatic N) is 1. The van der Waals surface area contributed by atoms with Gasteiger partial charge in [-0.2, -0.15) is 0 Å². The fraction of sp³-hybridized carbons (Fsp3) is 0.158. The molecule has 0 aromatic heterocycles. The Bertz CT molecular complexity index is 2810. The molecule has 0 radical (unpaired) electrons. The van der Waals surface area contributed by atoms with Crippen molar-refractivity contribution in [3.8, 4) is 23.0 Å². The normalized spacial score (nSPS) is 14.9. The third kappa shape index (κ3) is 7.13. The van der Waals surface area contributed by atoms with Crippen LogP contribution in [0.3, 0.4) is 0 Å². The average Bonchev–Trinajstić information content (AvgIpc) is 3.28. The second-order valence-electron chi connectivity index (χ2n) is 17.4. The van der Waals surface area contributed by atoms with E-state index in [4.69, 9.17) is 9.47 Å². The van der Waals surface area contributed by atoms with Crippen LogP contribution in [0.1, 0.15) is 83.3 Å². The summed E-state index contributed by atoms with van der Waals surface area (Å²) in [5.74, 6) is 3.76. The number of fused-ring (bicyclic) bond motifs is 8. The fourth-order valence-electron chi connectivity index (χ4n) is 9.80. The monoisotopic (exact) mass is 857 g/mol. The molecule has 4 aliphatic rings. The number of hydrogen-bond acceptors (Lipinski definition) is 3. The van der Waals surface area contributed by atoms with Gasteiger partial charge in [-0.05, 0) is 129 Å². The summed E-state index contributed by atoms with van der Waals surface area (Å²) in [5, 5.41) is 0. The molecule has 2 heterocycles. The van der Waals surface area contributed by atoms with Gasteiger partial charge in [0.15, 0.2) is 11.5 Å². The molecule has 2 aliphatic heterocycles. The fourth-order valence-corrected chi connectivity index (χ4v) is 10.2. The van der Waals surface area contributed by atoms with Gasteiger partial charge < -0.3 is 14.4 Å². The van der Waals surface area contributed by atoms with E-state index in [9.17, 15) is 0 Å². The molecule has 8 aromatic carbocycles. The third-order valence-electron chi connectivity index (χ3n) is 12.9. The zero-order valence-electron chi connectivity index (χ0n) is 35.1. The molecule has 0 fully saturated rings. The Hall–Kier alpha value is -6.36. The first-order chi connectivity index (χ1) is 29.6. The van der Waals surface area contributed by atoms with Crippen molar-refractivity contribution in [3.63, 3.8) is 0 Å². The maximum atomic E-state index is 6.19. The zero-order valence-corrected chi connectivity index (χ0v) is 36.7. The number of benzene rings is 8. The zero-order chi connectivity index (χ0) is 41.7. The summed E-state index contributed by atoms with van der Waals surface area (Å²) in [7, 11) is 0. The minimum atomic E-state index is -0.0362. The van der Waals surface area contributed by atoms with E-state index < -0.39 is 0 Å². The molecule has 2 aliphatic carbocycles. The highest BCUT2D eigenvalue weighted by Gasteiger charge is 2.34. The van der Waals surface area contributed by atoms with Crippen LogP contribution in [0.25, 0.3) is 0 Å². The van der Waals surface area contributed by atoms with Crippen LogP contribution in [-0.4, -0.2) is 0 Å². The lowest BCUT2D eigenvalue weighted by molar-refractivity contribution is 0.460. The standard InChI is InChI=1S/C28H23NO.C16H15Br.C13H10O/c1-28(2)22-10-4-3-9-19(22)17-20-15-16-21(18-23(20)28)29-24-11-5-7-13-26(24)30-27-14-8-6-12-25(27)29;1-16(2)14-6-4-3-5-11(14)9-12-7-8-13(17)10-15(12)16;1-3-7-12-10(5-1)9-11-6-2-4-8-13(11)14-12/h3-16,18H,17H2,1-2H3;3-8,10H,9H2,1-2H3;1-8H,9H2. The van der Waals surface area contributed by atoms with Gasteiger partial charge in [-0.15, -0.1) is 0 Å². The Labute approximate surface area is 368 Å². The lowest BCUT2D eigenvalue weighted by atomic mass is 9.69. The van der Waals surface area contributed by atoms with Crippen molar-refractivity contribution in [1.29, 1.82) is 0 Å². The second kappa shape index (κ2) is 15.6. The Morgan fingerprint density at radius 2 is 0.754 bits per heavy atom. The summed E-state index contributed by atoms with van der Waals surface area (Å²) in [6.07, 6.45) is 3.03. The Morgan fingerprint density at radius 1 is 0.377 bits per heavy atom. The van der Waals surface area contributed by atoms with Gasteiger partial charge >= 0.3 is 0 Å². The topological polar surface area (TPSA) is 21.7 Å². The molecule has 0 unspecified atom stereocenters. The number of halogens is 1. The van der Waals surface area contributed by atoms with Gasteiger partial charge in [0.05, 0.1) is 11.4 Å². The first kappa shape index (κ1) is 38.8. The molecule has 300 valence electrons. The first-order valence-electron chi connectivity index (χ1n) is 21.2. The second-order valence-corrected chi connectivity index (χ2v) is 18.3. The van der Waals surface area contributed by atoms with E-state index in [-0.39, 0.29) is 10.8 Å². The minimum absolute atomic E-state index is 0.0362. The van der Waals surface area contributed by atoms with Crippen LogP contribution in [0.15, 0.2) is 186 Å². The summed E-state index contributed by atoms with van der Waals surface area (Å²) in [4.78, 5) is 2.32. The molecule has 3 nitrogen and oxygen atoms in total. The molecule has 4 heteroatoms. The number of ether oxygens (including phenoxy) is 2. The van der Waals surface area contributed by atoms with Crippen LogP contribution in [0.5, 0.6) is 23.0 Å². The number of anilines is 3. The van der Waals surface area contributed by atoms with Crippen molar-refractivity contribution < 1.29 is 9.47 Å². The highest BCUT2D eigenvalue weighted by molar-refractivity contribution is 9.10. The van der Waals surface area contributed by atoms with E-state index in [1.54, 1.807) is 0 Å². The maximum Gasteiger partial charge on any atom is 0.151 e. The van der Waals surface area contributed by atoms with Crippen molar-refractivity contribution in [1.82, 2.24) is 0 Å². The third-order valence-corrected chi connectivity index (χ3v) is 13.4. The molecule has 0 saturated heterocycles. The first-order valence-corrected chi connectivity index (χ1v) is 22.0. The van der Waals surface area contributed by atoms with Gasteiger partial charge in [0.1, 0.15) is 11.5 Å². The predicted octanol–water partition coefficient (Wildman–Crippen LogP) is 15.6. The smallest absolute Gasteiger partial charge is 0.151 e. The van der Waals surface area contributed by atoms with Gasteiger partial charge in [-0.25, -0.2) is 0 Å². The van der Waals surface area contributed by atoms with Gasteiger partial charge in [0.2, 0.25) is 0 Å². The molecule has 8 aromatic rings. The van der Waals surface area contributed by atoms with E-state index in [0.717, 1.165) is 53.6 Å². The van der Waals surface area contributed by atoms with Gasteiger partial charge in [0.25, 0.3) is 0 Å². The number of rotatable bonds is 1. The van der Waals surface area contributed by atoms with Crippen LogP contribution in [0.4, 0.5) is 17.1 Å². The van der Waals surface area contributed by atoms with E-state index in [1.165, 1.54) is 65.8 Å². The summed E-state index contributed by atoms with van der Waals surface area (Å²) < 4.78 is 13.1. The Morgan fingerprint density at radius 3 is 1.30 bits per heavy atom. The van der Waals surface area contributed by atoms with Crippen LogP contribution in [-0.2, 0) is 30.1 Å². The summed E-state index contributed by atoms with van der Waals surface area (Å²) in [6.45, 7) is 9.32. The quantitative estimate of drug-likeness (QED) is 0.164. The largest absolute Gasteiger partial charge is 0.457 e. The van der Waals surface area contributed by atoms with Crippen molar-refractivity contribution in [2.24, 2.45) is 0 Å². The van der Waals surface area contributed by atoms with Crippen molar-refractivity contribution in [3.05, 3.63) is 242 Å². The highest BCUT2D eigenvalue weighted by atomic mass is 79.9. The molecular weight excluding hydrogens is 811 g/mol. The number of para-hydroxylation sites is 6. The maximum absolute atomic E-state index is 6.19. The van der Waals surface area contributed by atoms with Crippen LogP contribution in [0, 0.1) is 0 Å². The molecular formula is C57H48BrNO2. The molecule has 0 spiro atoms. The molecule has 61 heavy (non-hydrogen) atoms. The van der Waals surface area contributed by atoms with Gasteiger partial charge in [-0.3, -0.25) is 0 Å². The SMILES string of the molecule is CC1(C)c2ccccc2Cc2ccc(Br)cc21.CC1(C)c2ccccc2Cc2ccc(N3c4ccccc4Oc4ccccc43)cc21.c1ccc2c(c1)Cc1ccccc1O2. The molecule has 12 rings (SSSR count). The van der Waals surface area contributed by atoms with Crippen molar-refractivity contribution in [2.45, 2.75) is 57.8 Å². The lowest BCUT2D eigenvalue weighted by Gasteiger charge is -2.37. The molecule has 0 N–H and O–H groups in total. The van der Waals surface area contributed by atoms with Crippen LogP contribution < -0.4 is 14.4 Å². The minimum Gasteiger partial charge on any atom is -0.457 e. The van der Waals surface area contributed by atoms with E-state index in [1.807, 2.05) is 48.5 Å². The van der Waals surface area contributed by atoms with Crippen LogP contribution in [0.2, 0.25) is 0 Å². The molecule has 0 atom stereocenters. The summed E-state index contributed by atoms with van der Waals surface area (Å²) in [5.41, 5.74) is 17.4.